The van der Waals surface area contributed by atoms with Crippen molar-refractivity contribution in [3.63, 3.8) is 0 Å². The maximum absolute atomic E-state index is 13.7. The van der Waals surface area contributed by atoms with Crippen LogP contribution in [0.15, 0.2) is 42.5 Å². The van der Waals surface area contributed by atoms with Crippen LogP contribution >= 0.6 is 0 Å². The summed E-state index contributed by atoms with van der Waals surface area (Å²) in [6.07, 6.45) is 5.26. The number of likely N-dealkylation sites (N-methyl/N-ethyl adjacent to an activating group) is 1. The number of fused-ring (bicyclic) bond motifs is 1. The lowest BCUT2D eigenvalue weighted by Crippen LogP contribution is -2.49. The van der Waals surface area contributed by atoms with E-state index in [2.05, 4.69) is 41.6 Å². The van der Waals surface area contributed by atoms with Gasteiger partial charge in [0.05, 0.1) is 25.3 Å². The number of rotatable bonds is 9. The molecule has 4 rings (SSSR count). The molecule has 2 aromatic carbocycles. The van der Waals surface area contributed by atoms with Gasteiger partial charge in [0.25, 0.3) is 5.91 Å². The molecule has 3 amide bonds. The van der Waals surface area contributed by atoms with Gasteiger partial charge in [-0.2, -0.15) is 0 Å². The quantitative estimate of drug-likeness (QED) is 0.423. The third kappa shape index (κ3) is 7.67. The summed E-state index contributed by atoms with van der Waals surface area (Å²) < 4.78 is 11.8. The Balaban J connectivity index is 1.52. The summed E-state index contributed by atoms with van der Waals surface area (Å²) in [7, 11) is 3.71. The molecule has 3 atom stereocenters. The first-order chi connectivity index (χ1) is 19.3. The third-order valence-electron chi connectivity index (χ3n) is 7.97. The minimum Gasteiger partial charge on any atom is -0.497 e. The van der Waals surface area contributed by atoms with Gasteiger partial charge in [0.1, 0.15) is 17.6 Å². The summed E-state index contributed by atoms with van der Waals surface area (Å²) in [5.41, 5.74) is 2.07. The minimum atomic E-state index is -0.357. The molecule has 3 N–H and O–H groups in total. The van der Waals surface area contributed by atoms with E-state index in [1.807, 2.05) is 19.1 Å². The number of hydrogen-bond acceptors (Lipinski definition) is 6. The summed E-state index contributed by atoms with van der Waals surface area (Å²) >= 11 is 0. The van der Waals surface area contributed by atoms with E-state index in [1.54, 1.807) is 30.2 Å². The topological polar surface area (TPSA) is 103 Å². The average molecular weight is 553 g/mol. The molecule has 40 heavy (non-hydrogen) atoms. The van der Waals surface area contributed by atoms with Gasteiger partial charge in [-0.15, -0.1) is 0 Å². The van der Waals surface area contributed by atoms with Crippen LogP contribution in [0.1, 0.15) is 61.9 Å². The molecule has 1 heterocycles. The lowest BCUT2D eigenvalue weighted by molar-refractivity contribution is 0.0341. The van der Waals surface area contributed by atoms with Crippen LogP contribution in [-0.2, 0) is 6.54 Å². The van der Waals surface area contributed by atoms with Crippen LogP contribution in [0.25, 0.3) is 0 Å². The molecule has 1 aliphatic carbocycles. The van der Waals surface area contributed by atoms with Crippen molar-refractivity contribution in [2.24, 2.45) is 5.92 Å². The van der Waals surface area contributed by atoms with Crippen molar-refractivity contribution in [2.45, 2.75) is 70.7 Å². The number of aliphatic hydroxyl groups excluding tert-OH is 1. The van der Waals surface area contributed by atoms with Crippen molar-refractivity contribution in [3.8, 4) is 11.5 Å². The molecule has 1 aliphatic heterocycles. The fourth-order valence-corrected chi connectivity index (χ4v) is 5.53. The average Bonchev–Trinajstić information content (AvgIpc) is 2.95. The van der Waals surface area contributed by atoms with E-state index in [-0.39, 0.29) is 42.7 Å². The molecule has 9 heteroatoms. The second kappa shape index (κ2) is 13.9. The third-order valence-corrected chi connectivity index (χ3v) is 7.97. The van der Waals surface area contributed by atoms with Gasteiger partial charge in [-0.3, -0.25) is 9.69 Å². The van der Waals surface area contributed by atoms with E-state index >= 15 is 0 Å². The number of nitrogens with zero attached hydrogens (tertiary/aromatic N) is 2. The van der Waals surface area contributed by atoms with Crippen LogP contribution in [0.3, 0.4) is 0 Å². The minimum absolute atomic E-state index is 0.0171. The number of benzene rings is 2. The Bertz CT molecular complexity index is 1140. The number of urea groups is 1. The first kappa shape index (κ1) is 29.7. The van der Waals surface area contributed by atoms with Crippen LogP contribution in [-0.4, -0.2) is 78.9 Å². The molecule has 0 aromatic heterocycles. The van der Waals surface area contributed by atoms with Gasteiger partial charge in [0.2, 0.25) is 0 Å². The fraction of sp³-hybridized carbons (Fsp3) is 0.548. The van der Waals surface area contributed by atoms with E-state index in [0.717, 1.165) is 43.5 Å². The predicted molar refractivity (Wildman–Crippen MR) is 156 cm³/mol. The first-order valence-corrected chi connectivity index (χ1v) is 14.4. The molecule has 0 unspecified atom stereocenters. The number of nitrogens with one attached hydrogen (secondary N) is 2. The molecular weight excluding hydrogens is 508 g/mol. The van der Waals surface area contributed by atoms with E-state index in [1.165, 1.54) is 6.42 Å². The van der Waals surface area contributed by atoms with Crippen LogP contribution in [0, 0.1) is 5.92 Å². The van der Waals surface area contributed by atoms with Crippen molar-refractivity contribution in [3.05, 3.63) is 53.6 Å². The molecule has 1 fully saturated rings. The summed E-state index contributed by atoms with van der Waals surface area (Å²) in [6, 6.07) is 12.8. The highest BCUT2D eigenvalue weighted by Gasteiger charge is 2.33. The summed E-state index contributed by atoms with van der Waals surface area (Å²) in [4.78, 5) is 30.3. The Kier molecular flexibility index (Phi) is 10.3. The van der Waals surface area contributed by atoms with Gasteiger partial charge < -0.3 is 30.1 Å². The zero-order valence-corrected chi connectivity index (χ0v) is 24.2. The smallest absolute Gasteiger partial charge is 0.319 e. The number of hydrogen-bond donors (Lipinski definition) is 3. The van der Waals surface area contributed by atoms with E-state index < -0.39 is 0 Å². The molecule has 218 valence electrons. The molecule has 0 saturated heterocycles. The monoisotopic (exact) mass is 552 g/mol. The molecule has 0 bridgehead atoms. The number of aliphatic hydroxyl groups is 1. The molecule has 0 spiro atoms. The summed E-state index contributed by atoms with van der Waals surface area (Å²) in [6.45, 7) is 5.60. The lowest BCUT2D eigenvalue weighted by atomic mass is 9.96. The highest BCUT2D eigenvalue weighted by molar-refractivity contribution is 5.99. The molecule has 2 aliphatic rings. The van der Waals surface area contributed by atoms with Crippen LogP contribution < -0.4 is 20.1 Å². The second-order valence-electron chi connectivity index (χ2n) is 11.3. The lowest BCUT2D eigenvalue weighted by Gasteiger charge is -2.38. The number of carbonyl (C=O) groups excluding carboxylic acids is 2. The largest absolute Gasteiger partial charge is 0.497 e. The zero-order valence-electron chi connectivity index (χ0n) is 24.2. The Hall–Kier alpha value is -3.30. The van der Waals surface area contributed by atoms with E-state index in [0.29, 0.717) is 30.1 Å². The molecule has 9 nitrogen and oxygen atoms in total. The fourth-order valence-electron chi connectivity index (χ4n) is 5.53. The SMILES string of the molecule is COc1ccc(CN(C)C[C@H]2Oc3ccc(NC(=O)NC4CCCCC4)cc3C(=O)N([C@@H](C)CO)C[C@@H]2C)cc1. The molecule has 1 saturated carbocycles. The van der Waals surface area contributed by atoms with Gasteiger partial charge in [-0.05, 0) is 62.7 Å². The number of amides is 3. The van der Waals surface area contributed by atoms with Crippen molar-refractivity contribution in [2.75, 3.05) is 39.2 Å². The highest BCUT2D eigenvalue weighted by Crippen LogP contribution is 2.31. The van der Waals surface area contributed by atoms with Crippen molar-refractivity contribution >= 4 is 17.6 Å². The number of ether oxygens (including phenoxy) is 2. The maximum atomic E-state index is 13.7. The van der Waals surface area contributed by atoms with E-state index in [9.17, 15) is 14.7 Å². The molecular formula is C31H44N4O5. The highest BCUT2D eigenvalue weighted by atomic mass is 16.5. The number of methoxy groups -OCH3 is 1. The predicted octanol–water partition coefficient (Wildman–Crippen LogP) is 4.50. The summed E-state index contributed by atoms with van der Waals surface area (Å²) in [5.74, 6) is 1.10. The van der Waals surface area contributed by atoms with Crippen molar-refractivity contribution < 1.29 is 24.2 Å². The molecule has 0 radical (unpaired) electrons. The van der Waals surface area contributed by atoms with Crippen molar-refractivity contribution in [1.29, 1.82) is 0 Å². The van der Waals surface area contributed by atoms with Gasteiger partial charge in [0, 0.05) is 37.3 Å². The van der Waals surface area contributed by atoms with Crippen LogP contribution in [0.5, 0.6) is 11.5 Å². The normalized spacial score (nSPS) is 20.6. The van der Waals surface area contributed by atoms with Crippen molar-refractivity contribution in [1.82, 2.24) is 15.1 Å². The van der Waals surface area contributed by atoms with Gasteiger partial charge in [-0.1, -0.05) is 38.3 Å². The second-order valence-corrected chi connectivity index (χ2v) is 11.3. The Morgan fingerprint density at radius 2 is 1.90 bits per heavy atom. The zero-order chi connectivity index (χ0) is 28.6. The maximum Gasteiger partial charge on any atom is 0.319 e. The number of anilines is 1. The Labute approximate surface area is 237 Å². The van der Waals surface area contributed by atoms with E-state index in [4.69, 9.17) is 9.47 Å². The molecule has 2 aromatic rings. The van der Waals surface area contributed by atoms with Gasteiger partial charge >= 0.3 is 6.03 Å². The Morgan fingerprint density at radius 1 is 1.18 bits per heavy atom. The Morgan fingerprint density at radius 3 is 2.58 bits per heavy atom. The van der Waals surface area contributed by atoms with Crippen LogP contribution in [0.4, 0.5) is 10.5 Å². The first-order valence-electron chi connectivity index (χ1n) is 14.4. The van der Waals surface area contributed by atoms with Gasteiger partial charge in [-0.25, -0.2) is 4.79 Å². The standard InChI is InChI=1S/C31H44N4O5/c1-21-17-35(22(2)20-36)30(37)27-16-25(33-31(38)32-24-8-6-5-7-9-24)12-15-28(27)40-29(21)19-34(3)18-23-10-13-26(39-4)14-11-23/h10-16,21-22,24,29,36H,5-9,17-20H2,1-4H3,(H2,32,33,38)/t21-,22-,29+/m0/s1. The number of carbonyl (C=O) groups is 2. The summed E-state index contributed by atoms with van der Waals surface area (Å²) in [5, 5.41) is 15.9. The van der Waals surface area contributed by atoms with Crippen LogP contribution in [0.2, 0.25) is 0 Å². The van der Waals surface area contributed by atoms with Gasteiger partial charge in [0.15, 0.2) is 0 Å².